The fraction of sp³-hybridized carbons (Fsp3) is 0.600. The van der Waals surface area contributed by atoms with Gasteiger partial charge in [-0.3, -0.25) is 4.90 Å². The molecule has 3 rings (SSSR count). The van der Waals surface area contributed by atoms with Crippen LogP contribution in [0.15, 0.2) is 12.1 Å². The number of hydrogen-bond donors (Lipinski definition) is 3. The fourth-order valence-electron chi connectivity index (χ4n) is 3.03. The number of aromatic hydroxyl groups is 1. The molecular formula is C15H24Cl2FN3O. The first-order valence-electron chi connectivity index (χ1n) is 7.38. The summed E-state index contributed by atoms with van der Waals surface area (Å²) in [5.74, 6) is 0.389. The molecule has 1 aromatic rings. The van der Waals surface area contributed by atoms with Crippen molar-refractivity contribution >= 4 is 30.5 Å². The van der Waals surface area contributed by atoms with Crippen LogP contribution >= 0.6 is 24.8 Å². The van der Waals surface area contributed by atoms with Gasteiger partial charge in [0.1, 0.15) is 11.6 Å². The van der Waals surface area contributed by atoms with Crippen LogP contribution in [0.2, 0.25) is 0 Å². The zero-order chi connectivity index (χ0) is 14.1. The summed E-state index contributed by atoms with van der Waals surface area (Å²) in [6.07, 6.45) is 3.47. The van der Waals surface area contributed by atoms with Gasteiger partial charge >= 0.3 is 0 Å². The maximum absolute atomic E-state index is 13.7. The summed E-state index contributed by atoms with van der Waals surface area (Å²) in [6.45, 7) is 3.72. The summed E-state index contributed by atoms with van der Waals surface area (Å²) in [5, 5.41) is 13.5. The monoisotopic (exact) mass is 351 g/mol. The van der Waals surface area contributed by atoms with Crippen molar-refractivity contribution in [2.75, 3.05) is 31.9 Å². The summed E-state index contributed by atoms with van der Waals surface area (Å²) >= 11 is 0. The van der Waals surface area contributed by atoms with E-state index in [0.29, 0.717) is 11.5 Å². The van der Waals surface area contributed by atoms with Crippen LogP contribution in [0.3, 0.4) is 0 Å². The summed E-state index contributed by atoms with van der Waals surface area (Å²) in [7, 11) is 0. The van der Waals surface area contributed by atoms with Gasteiger partial charge in [0.25, 0.3) is 0 Å². The second-order valence-electron chi connectivity index (χ2n) is 5.91. The number of anilines is 1. The Morgan fingerprint density at radius 3 is 2.50 bits per heavy atom. The molecule has 0 radical (unpaired) electrons. The molecule has 22 heavy (non-hydrogen) atoms. The minimum Gasteiger partial charge on any atom is -0.505 e. The van der Waals surface area contributed by atoms with E-state index >= 15 is 0 Å². The smallest absolute Gasteiger partial charge is 0.143 e. The normalized spacial score (nSPS) is 19.9. The second-order valence-corrected chi connectivity index (χ2v) is 5.91. The zero-order valence-electron chi connectivity index (χ0n) is 12.4. The Labute approximate surface area is 143 Å². The molecule has 1 saturated heterocycles. The Morgan fingerprint density at radius 2 is 1.91 bits per heavy atom. The fourth-order valence-corrected chi connectivity index (χ4v) is 3.03. The third kappa shape index (κ3) is 4.38. The highest BCUT2D eigenvalue weighted by atomic mass is 35.5. The summed E-state index contributed by atoms with van der Waals surface area (Å²) < 4.78 is 13.7. The summed E-state index contributed by atoms with van der Waals surface area (Å²) in [4.78, 5) is 2.34. The van der Waals surface area contributed by atoms with E-state index in [1.54, 1.807) is 0 Å². The predicted octanol–water partition coefficient (Wildman–Crippen LogP) is 2.70. The molecule has 4 nitrogen and oxygen atoms in total. The van der Waals surface area contributed by atoms with Crippen molar-refractivity contribution in [2.24, 2.45) is 5.92 Å². The Kier molecular flexibility index (Phi) is 7.19. The minimum atomic E-state index is -0.369. The van der Waals surface area contributed by atoms with Gasteiger partial charge in [0.15, 0.2) is 0 Å². The van der Waals surface area contributed by atoms with Crippen LogP contribution < -0.4 is 11.1 Å². The number of hydrogen-bond acceptors (Lipinski definition) is 4. The van der Waals surface area contributed by atoms with Crippen molar-refractivity contribution < 1.29 is 9.50 Å². The van der Waals surface area contributed by atoms with Gasteiger partial charge in [-0.2, -0.15) is 0 Å². The van der Waals surface area contributed by atoms with Crippen molar-refractivity contribution in [1.29, 1.82) is 0 Å². The number of nitrogen functional groups attached to an aromatic ring is 1. The maximum atomic E-state index is 13.7. The zero-order valence-corrected chi connectivity index (χ0v) is 14.1. The van der Waals surface area contributed by atoms with Gasteiger partial charge in [-0.05, 0) is 18.4 Å². The van der Waals surface area contributed by atoms with Crippen LogP contribution in [0.1, 0.15) is 30.9 Å². The average molecular weight is 352 g/mol. The maximum Gasteiger partial charge on any atom is 0.143 e. The number of rotatable bonds is 4. The standard InChI is InChI=1S/C15H22FN3O.2ClH/c16-11-8-12(15(20)13(17)9-11)14(7-10-1-2-10)19-5-3-18-4-6-19;;/h8-10,14,18,20H,1-7,17H2;2*1H/t14-;;/m0../s1. The quantitative estimate of drug-likeness (QED) is 0.576. The van der Waals surface area contributed by atoms with Crippen LogP contribution in [-0.4, -0.2) is 36.2 Å². The van der Waals surface area contributed by atoms with E-state index in [2.05, 4.69) is 10.2 Å². The molecule has 1 saturated carbocycles. The van der Waals surface area contributed by atoms with Gasteiger partial charge in [0.2, 0.25) is 0 Å². The Balaban J connectivity index is 0.00000121. The van der Waals surface area contributed by atoms with E-state index in [9.17, 15) is 9.50 Å². The van der Waals surface area contributed by atoms with Gasteiger partial charge < -0.3 is 16.2 Å². The number of nitrogens with one attached hydrogen (secondary N) is 1. The molecular weight excluding hydrogens is 328 g/mol. The van der Waals surface area contributed by atoms with Crippen molar-refractivity contribution in [3.63, 3.8) is 0 Å². The first-order chi connectivity index (χ1) is 9.65. The Hall–Kier alpha value is -0.750. The molecule has 0 aromatic heterocycles. The number of halogens is 3. The highest BCUT2D eigenvalue weighted by Gasteiger charge is 2.32. The van der Waals surface area contributed by atoms with Gasteiger partial charge in [-0.25, -0.2) is 4.39 Å². The Bertz CT molecular complexity index is 494. The molecule has 4 N–H and O–H groups in total. The number of piperazine rings is 1. The van der Waals surface area contributed by atoms with Gasteiger partial charge in [0.05, 0.1) is 5.69 Å². The van der Waals surface area contributed by atoms with Crippen LogP contribution in [0, 0.1) is 11.7 Å². The number of benzene rings is 1. The van der Waals surface area contributed by atoms with E-state index in [-0.39, 0.29) is 48.1 Å². The molecule has 126 valence electrons. The molecule has 1 aliphatic carbocycles. The summed E-state index contributed by atoms with van der Waals surface area (Å²) in [6, 6.07) is 2.70. The van der Waals surface area contributed by atoms with Gasteiger partial charge in [0, 0.05) is 43.9 Å². The predicted molar refractivity (Wildman–Crippen MR) is 91.5 cm³/mol. The molecule has 1 atom stereocenters. The van der Waals surface area contributed by atoms with E-state index in [1.165, 1.54) is 25.0 Å². The molecule has 1 heterocycles. The molecule has 2 fully saturated rings. The highest BCUT2D eigenvalue weighted by Crippen LogP contribution is 2.43. The number of nitrogens with two attached hydrogens (primary N) is 1. The third-order valence-corrected chi connectivity index (χ3v) is 4.34. The third-order valence-electron chi connectivity index (χ3n) is 4.34. The van der Waals surface area contributed by atoms with Crippen LogP contribution in [0.4, 0.5) is 10.1 Å². The van der Waals surface area contributed by atoms with Crippen molar-refractivity contribution in [2.45, 2.75) is 25.3 Å². The largest absolute Gasteiger partial charge is 0.505 e. The van der Waals surface area contributed by atoms with E-state index in [1.807, 2.05) is 0 Å². The topological polar surface area (TPSA) is 61.5 Å². The van der Waals surface area contributed by atoms with E-state index < -0.39 is 0 Å². The lowest BCUT2D eigenvalue weighted by molar-refractivity contribution is 0.158. The molecule has 0 bridgehead atoms. The van der Waals surface area contributed by atoms with Gasteiger partial charge in [-0.15, -0.1) is 24.8 Å². The molecule has 0 spiro atoms. The van der Waals surface area contributed by atoms with Crippen molar-refractivity contribution in [3.8, 4) is 5.75 Å². The first kappa shape index (κ1) is 19.3. The van der Waals surface area contributed by atoms with E-state index in [4.69, 9.17) is 5.73 Å². The molecule has 1 aliphatic heterocycles. The lowest BCUT2D eigenvalue weighted by atomic mass is 9.97. The van der Waals surface area contributed by atoms with Gasteiger partial charge in [-0.1, -0.05) is 12.8 Å². The lowest BCUT2D eigenvalue weighted by Crippen LogP contribution is -2.45. The molecule has 1 aromatic carbocycles. The van der Waals surface area contributed by atoms with Crippen LogP contribution in [0.25, 0.3) is 0 Å². The lowest BCUT2D eigenvalue weighted by Gasteiger charge is -2.35. The first-order valence-corrected chi connectivity index (χ1v) is 7.38. The second kappa shape index (κ2) is 8.20. The minimum absolute atomic E-state index is 0. The van der Waals surface area contributed by atoms with Crippen LogP contribution in [-0.2, 0) is 0 Å². The Morgan fingerprint density at radius 1 is 1.27 bits per heavy atom. The van der Waals surface area contributed by atoms with Crippen molar-refractivity contribution in [1.82, 2.24) is 10.2 Å². The molecule has 0 amide bonds. The number of nitrogens with zero attached hydrogens (tertiary/aromatic N) is 1. The molecule has 0 unspecified atom stereocenters. The average Bonchev–Trinajstić information content (AvgIpc) is 3.25. The number of phenolic OH excluding ortho intramolecular Hbond substituents is 1. The highest BCUT2D eigenvalue weighted by molar-refractivity contribution is 5.85. The van der Waals surface area contributed by atoms with E-state index in [0.717, 1.165) is 32.6 Å². The van der Waals surface area contributed by atoms with Crippen molar-refractivity contribution in [3.05, 3.63) is 23.5 Å². The summed E-state index contributed by atoms with van der Waals surface area (Å²) in [5.41, 5.74) is 6.50. The molecule has 2 aliphatic rings. The number of phenols is 1. The SMILES string of the molecule is Cl.Cl.Nc1cc(F)cc([C@H](CC2CC2)N2CCNCC2)c1O. The molecule has 7 heteroatoms. The van der Waals surface area contributed by atoms with Crippen LogP contribution in [0.5, 0.6) is 5.75 Å².